The molecule has 6 rings (SSSR count). The standard InChI is InChI=1S/C40H44F3N5O5/c1-39(2,3)53-38(49)48-22-21-47(34(25-48)40(41,42)43)20-11-23-50-30-16-17-31-33(24-30)46(4)45-36(31)32-18-19-35(51-26-28-12-7-5-8-13-28)44-37(32)52-27-29-14-9-6-10-15-29/h5-10,12-19,24,34H,11,20-23,25-27H2,1-4H3. The van der Waals surface area contributed by atoms with Crippen molar-refractivity contribution in [2.24, 2.45) is 7.05 Å². The first kappa shape index (κ1) is 37.5. The van der Waals surface area contributed by atoms with Crippen molar-refractivity contribution in [1.82, 2.24) is 24.6 Å². The zero-order valence-corrected chi connectivity index (χ0v) is 30.3. The van der Waals surface area contributed by atoms with Crippen molar-refractivity contribution in [3.05, 3.63) is 102 Å². The summed E-state index contributed by atoms with van der Waals surface area (Å²) < 4.78 is 67.5. The zero-order chi connectivity index (χ0) is 37.6. The van der Waals surface area contributed by atoms with Gasteiger partial charge in [-0.3, -0.25) is 9.58 Å². The van der Waals surface area contributed by atoms with Gasteiger partial charge in [-0.1, -0.05) is 60.7 Å². The second-order valence-electron chi connectivity index (χ2n) is 13.9. The normalized spacial score (nSPS) is 15.4. The molecule has 10 nitrogen and oxygen atoms in total. The lowest BCUT2D eigenvalue weighted by molar-refractivity contribution is -0.195. The van der Waals surface area contributed by atoms with E-state index in [1.54, 1.807) is 31.5 Å². The molecule has 3 aromatic carbocycles. The number of piperazine rings is 1. The molecule has 1 fully saturated rings. The summed E-state index contributed by atoms with van der Waals surface area (Å²) in [5.41, 5.74) is 3.37. The molecule has 1 aliphatic heterocycles. The summed E-state index contributed by atoms with van der Waals surface area (Å²) in [6.07, 6.45) is -4.87. The van der Waals surface area contributed by atoms with Gasteiger partial charge in [-0.15, -0.1) is 0 Å². The zero-order valence-electron chi connectivity index (χ0n) is 30.3. The molecule has 3 heterocycles. The second-order valence-corrected chi connectivity index (χ2v) is 13.9. The van der Waals surface area contributed by atoms with Gasteiger partial charge in [-0.25, -0.2) is 4.79 Å². The van der Waals surface area contributed by atoms with E-state index in [9.17, 15) is 18.0 Å². The molecule has 1 unspecified atom stereocenters. The Balaban J connectivity index is 1.13. The maximum absolute atomic E-state index is 14.0. The van der Waals surface area contributed by atoms with Gasteiger partial charge in [0, 0.05) is 50.7 Å². The Morgan fingerprint density at radius 1 is 0.849 bits per heavy atom. The molecule has 0 aliphatic carbocycles. The summed E-state index contributed by atoms with van der Waals surface area (Å²) in [5, 5.41) is 5.66. The molecule has 0 bridgehead atoms. The summed E-state index contributed by atoms with van der Waals surface area (Å²) in [6, 6.07) is 27.1. The number of halogens is 3. The monoisotopic (exact) mass is 731 g/mol. The maximum atomic E-state index is 14.0. The first-order chi connectivity index (χ1) is 25.3. The van der Waals surface area contributed by atoms with Crippen molar-refractivity contribution in [1.29, 1.82) is 0 Å². The number of alkyl halides is 3. The number of pyridine rings is 1. The van der Waals surface area contributed by atoms with E-state index in [4.69, 9.17) is 29.0 Å². The summed E-state index contributed by atoms with van der Waals surface area (Å²) in [5.74, 6) is 1.37. The molecule has 5 aromatic rings. The maximum Gasteiger partial charge on any atom is 0.410 e. The Morgan fingerprint density at radius 2 is 1.53 bits per heavy atom. The Bertz CT molecular complexity index is 1980. The number of rotatable bonds is 12. The number of ether oxygens (including phenoxy) is 4. The van der Waals surface area contributed by atoms with Crippen LogP contribution in [0.4, 0.5) is 18.0 Å². The van der Waals surface area contributed by atoms with Gasteiger partial charge in [0.05, 0.1) is 17.7 Å². The van der Waals surface area contributed by atoms with E-state index in [2.05, 4.69) is 0 Å². The van der Waals surface area contributed by atoms with Gasteiger partial charge >= 0.3 is 12.3 Å². The SMILES string of the molecule is Cn1nc(-c2ccc(OCc3ccccc3)nc2OCc2ccccc2)c2ccc(OCCCN3CCN(C(=O)OC(C)(C)C)CC3C(F)(F)F)cc21. The lowest BCUT2D eigenvalue weighted by Crippen LogP contribution is -2.60. The Hall–Kier alpha value is -5.30. The van der Waals surface area contributed by atoms with Gasteiger partial charge in [0.25, 0.3) is 0 Å². The Kier molecular flexibility index (Phi) is 11.4. The van der Waals surface area contributed by atoms with Crippen LogP contribution >= 0.6 is 0 Å². The summed E-state index contributed by atoms with van der Waals surface area (Å²) >= 11 is 0. The lowest BCUT2D eigenvalue weighted by atomic mass is 10.1. The fourth-order valence-corrected chi connectivity index (χ4v) is 6.13. The van der Waals surface area contributed by atoms with Crippen molar-refractivity contribution >= 4 is 17.0 Å². The molecule has 280 valence electrons. The number of benzene rings is 3. The van der Waals surface area contributed by atoms with Gasteiger partial charge < -0.3 is 23.8 Å². The molecule has 0 radical (unpaired) electrons. The van der Waals surface area contributed by atoms with Crippen molar-refractivity contribution in [2.45, 2.75) is 58.2 Å². The summed E-state index contributed by atoms with van der Waals surface area (Å²) in [4.78, 5) is 19.7. The number of carbonyl (C=O) groups excluding carboxylic acids is 1. The molecule has 0 N–H and O–H groups in total. The Morgan fingerprint density at radius 3 is 2.19 bits per heavy atom. The van der Waals surface area contributed by atoms with E-state index in [0.717, 1.165) is 26.9 Å². The third kappa shape index (κ3) is 9.78. The third-order valence-corrected chi connectivity index (χ3v) is 8.74. The van der Waals surface area contributed by atoms with Crippen LogP contribution < -0.4 is 14.2 Å². The van der Waals surface area contributed by atoms with Crippen molar-refractivity contribution in [3.8, 4) is 28.8 Å². The molecule has 1 atom stereocenters. The highest BCUT2D eigenvalue weighted by molar-refractivity contribution is 5.95. The van der Waals surface area contributed by atoms with Crippen molar-refractivity contribution < 1.29 is 36.9 Å². The minimum Gasteiger partial charge on any atom is -0.493 e. The highest BCUT2D eigenvalue weighted by atomic mass is 19.4. The minimum atomic E-state index is -4.50. The molecule has 2 aromatic heterocycles. The van der Waals surface area contributed by atoms with Gasteiger partial charge in [0.15, 0.2) is 0 Å². The minimum absolute atomic E-state index is 0.0826. The molecule has 0 spiro atoms. The number of aryl methyl sites for hydroxylation is 1. The fourth-order valence-electron chi connectivity index (χ4n) is 6.13. The summed E-state index contributed by atoms with van der Waals surface area (Å²) in [6.45, 7) is 5.84. The van der Waals surface area contributed by atoms with Crippen LogP contribution in [0.25, 0.3) is 22.2 Å². The van der Waals surface area contributed by atoms with Gasteiger partial charge in [0.1, 0.15) is 36.3 Å². The topological polar surface area (TPSA) is 91.2 Å². The molecular formula is C40H44F3N5O5. The number of hydrogen-bond acceptors (Lipinski definition) is 8. The number of aromatic nitrogens is 3. The quantitative estimate of drug-likeness (QED) is 0.119. The predicted molar refractivity (Wildman–Crippen MR) is 195 cm³/mol. The molecule has 0 saturated carbocycles. The van der Waals surface area contributed by atoms with Gasteiger partial charge in [-0.05, 0) is 56.5 Å². The van der Waals surface area contributed by atoms with E-state index >= 15 is 0 Å². The number of amides is 1. The second kappa shape index (κ2) is 16.2. The van der Waals surface area contributed by atoms with Crippen LogP contribution in [0, 0.1) is 0 Å². The molecule has 53 heavy (non-hydrogen) atoms. The van der Waals surface area contributed by atoms with Crippen LogP contribution in [0.3, 0.4) is 0 Å². The molecule has 13 heteroatoms. The van der Waals surface area contributed by atoms with Gasteiger partial charge in [-0.2, -0.15) is 23.3 Å². The van der Waals surface area contributed by atoms with Crippen LogP contribution in [0.1, 0.15) is 38.3 Å². The number of fused-ring (bicyclic) bond motifs is 1. The van der Waals surface area contributed by atoms with E-state index in [-0.39, 0.29) is 26.2 Å². The van der Waals surface area contributed by atoms with Crippen LogP contribution in [-0.2, 0) is 25.0 Å². The average molecular weight is 732 g/mol. The van der Waals surface area contributed by atoms with Crippen LogP contribution in [0.15, 0.2) is 91.0 Å². The van der Waals surface area contributed by atoms with Crippen molar-refractivity contribution in [3.63, 3.8) is 0 Å². The number of hydrogen-bond donors (Lipinski definition) is 0. The molecule has 1 amide bonds. The predicted octanol–water partition coefficient (Wildman–Crippen LogP) is 8.05. The van der Waals surface area contributed by atoms with E-state index in [1.165, 1.54) is 4.90 Å². The van der Waals surface area contributed by atoms with Crippen molar-refractivity contribution in [2.75, 3.05) is 32.8 Å². The number of carbonyl (C=O) groups is 1. The van der Waals surface area contributed by atoms with Crippen LogP contribution in [-0.4, -0.2) is 81.3 Å². The van der Waals surface area contributed by atoms with Crippen LogP contribution in [0.5, 0.6) is 17.5 Å². The average Bonchev–Trinajstić information content (AvgIpc) is 3.46. The molecule has 1 saturated heterocycles. The van der Waals surface area contributed by atoms with E-state index in [0.29, 0.717) is 48.4 Å². The first-order valence-corrected chi connectivity index (χ1v) is 17.6. The fraction of sp³-hybridized carbons (Fsp3) is 0.375. The first-order valence-electron chi connectivity index (χ1n) is 17.6. The Labute approximate surface area is 307 Å². The van der Waals surface area contributed by atoms with Gasteiger partial charge in [0.2, 0.25) is 11.8 Å². The highest BCUT2D eigenvalue weighted by Gasteiger charge is 2.47. The molecule has 1 aliphatic rings. The molecular weight excluding hydrogens is 687 g/mol. The largest absolute Gasteiger partial charge is 0.493 e. The third-order valence-electron chi connectivity index (χ3n) is 8.74. The summed E-state index contributed by atoms with van der Waals surface area (Å²) in [7, 11) is 1.83. The highest BCUT2D eigenvalue weighted by Crippen LogP contribution is 2.36. The van der Waals surface area contributed by atoms with E-state index in [1.807, 2.05) is 92.0 Å². The van der Waals surface area contributed by atoms with E-state index < -0.39 is 30.5 Å². The smallest absolute Gasteiger partial charge is 0.410 e. The lowest BCUT2D eigenvalue weighted by Gasteiger charge is -2.42. The van der Waals surface area contributed by atoms with Crippen LogP contribution in [0.2, 0.25) is 0 Å². The number of nitrogens with zero attached hydrogens (tertiary/aromatic N) is 5.